The maximum Gasteiger partial charge on any atom is 0.343 e. The summed E-state index contributed by atoms with van der Waals surface area (Å²) in [5.41, 5.74) is -1.31. The van der Waals surface area contributed by atoms with E-state index >= 15 is 0 Å². The van der Waals surface area contributed by atoms with Crippen LogP contribution >= 0.6 is 11.6 Å². The average Bonchev–Trinajstić information content (AvgIpc) is 3.11. The van der Waals surface area contributed by atoms with Crippen LogP contribution in [0.3, 0.4) is 0 Å². The third kappa shape index (κ3) is 5.07. The number of carbonyl (C=O) groups is 1. The number of imidazole rings is 1. The number of hydrogen-bond donors (Lipinski definition) is 1. The van der Waals surface area contributed by atoms with Crippen molar-refractivity contribution in [1.82, 2.24) is 18.8 Å². The maximum absolute atomic E-state index is 13.4. The number of nitrogens with zero attached hydrogens (tertiary/aromatic N) is 4. The molecular formula is C21H22ClN5O7S. The Morgan fingerprint density at radius 2 is 1.83 bits per heavy atom. The van der Waals surface area contributed by atoms with E-state index in [1.165, 1.54) is 12.1 Å². The molecule has 3 aromatic rings. The minimum Gasteiger partial charge on any atom is -0.379 e. The molecule has 1 saturated heterocycles. The molecule has 35 heavy (non-hydrogen) atoms. The summed E-state index contributed by atoms with van der Waals surface area (Å²) in [6.07, 6.45) is 0. The predicted octanol–water partition coefficient (Wildman–Crippen LogP) is 1.05. The van der Waals surface area contributed by atoms with Gasteiger partial charge in [0.1, 0.15) is 11.6 Å². The Bertz CT molecular complexity index is 1440. The van der Waals surface area contributed by atoms with Gasteiger partial charge in [-0.15, -0.1) is 0 Å². The van der Waals surface area contributed by atoms with E-state index in [9.17, 15) is 28.1 Å². The Hall–Kier alpha value is -3.26. The first-order valence-corrected chi connectivity index (χ1v) is 12.5. The molecule has 12 nitrogen and oxygen atoms in total. The molecule has 14 heteroatoms. The van der Waals surface area contributed by atoms with E-state index in [1.807, 2.05) is 0 Å². The van der Waals surface area contributed by atoms with Gasteiger partial charge in [-0.1, -0.05) is 23.7 Å². The zero-order valence-corrected chi connectivity index (χ0v) is 20.0. The maximum atomic E-state index is 13.4. The lowest BCUT2D eigenvalue weighted by Crippen LogP contribution is -2.42. The fourth-order valence-electron chi connectivity index (χ4n) is 3.84. The summed E-state index contributed by atoms with van der Waals surface area (Å²) in [6.45, 7) is 3.38. The number of fused-ring (bicyclic) bond motifs is 1. The summed E-state index contributed by atoms with van der Waals surface area (Å²) in [4.78, 5) is 37.9. The first-order valence-electron chi connectivity index (χ1n) is 10.7. The Kier molecular flexibility index (Phi) is 7.21. The van der Waals surface area contributed by atoms with Gasteiger partial charge in [0.05, 0.1) is 34.1 Å². The molecular weight excluding hydrogens is 502 g/mol. The molecule has 2 aromatic carbocycles. The molecule has 4 rings (SSSR count). The summed E-state index contributed by atoms with van der Waals surface area (Å²) < 4.78 is 33.6. The van der Waals surface area contributed by atoms with Gasteiger partial charge in [0, 0.05) is 32.2 Å². The number of hydrogen-bond acceptors (Lipinski definition) is 8. The van der Waals surface area contributed by atoms with Crippen LogP contribution in [0.25, 0.3) is 11.0 Å². The van der Waals surface area contributed by atoms with E-state index in [4.69, 9.17) is 16.3 Å². The van der Waals surface area contributed by atoms with Gasteiger partial charge in [0.25, 0.3) is 15.7 Å². The first kappa shape index (κ1) is 24.9. The number of carbonyl (C=O) groups excluding carboxylic acids is 1. The minimum absolute atomic E-state index is 0.0382. The van der Waals surface area contributed by atoms with Gasteiger partial charge in [-0.3, -0.25) is 24.4 Å². The number of nitrogens with one attached hydrogen (secondary N) is 1. The SMILES string of the molecule is O=C(Cn1c(=O)n(S(=O)(=O)c2ccc(Cl)c([N+](=O)[O-])c2)c2ccccc21)NCCN1CCOCC1. The van der Waals surface area contributed by atoms with Crippen LogP contribution in [0.5, 0.6) is 0 Å². The monoisotopic (exact) mass is 523 g/mol. The van der Waals surface area contributed by atoms with Crippen LogP contribution in [0.15, 0.2) is 52.2 Å². The normalized spacial score (nSPS) is 14.8. The summed E-state index contributed by atoms with van der Waals surface area (Å²) in [6, 6.07) is 9.07. The van der Waals surface area contributed by atoms with Crippen molar-refractivity contribution in [3.05, 3.63) is 68.1 Å². The van der Waals surface area contributed by atoms with Crippen molar-refractivity contribution in [3.8, 4) is 0 Å². The molecule has 0 atom stereocenters. The van der Waals surface area contributed by atoms with Gasteiger partial charge >= 0.3 is 5.69 Å². The number of nitro groups is 1. The van der Waals surface area contributed by atoms with Gasteiger partial charge in [-0.2, -0.15) is 3.97 Å². The molecule has 1 N–H and O–H groups in total. The van der Waals surface area contributed by atoms with Crippen molar-refractivity contribution in [1.29, 1.82) is 0 Å². The van der Waals surface area contributed by atoms with Gasteiger partial charge in [-0.25, -0.2) is 13.2 Å². The van der Waals surface area contributed by atoms with Crippen molar-refractivity contribution in [2.75, 3.05) is 39.4 Å². The van der Waals surface area contributed by atoms with Crippen LogP contribution in [-0.4, -0.2) is 72.1 Å². The summed E-state index contributed by atoms with van der Waals surface area (Å²) in [5.74, 6) is -0.456. The third-order valence-electron chi connectivity index (χ3n) is 5.60. The third-order valence-corrected chi connectivity index (χ3v) is 7.61. The highest BCUT2D eigenvalue weighted by Crippen LogP contribution is 2.28. The van der Waals surface area contributed by atoms with Crippen LogP contribution in [0.4, 0.5) is 5.69 Å². The van der Waals surface area contributed by atoms with Gasteiger partial charge in [-0.05, 0) is 24.3 Å². The number of ether oxygens (including phenoxy) is 1. The van der Waals surface area contributed by atoms with Crippen molar-refractivity contribution in [2.24, 2.45) is 0 Å². The predicted molar refractivity (Wildman–Crippen MR) is 127 cm³/mol. The van der Waals surface area contributed by atoms with Crippen molar-refractivity contribution < 1.29 is 22.9 Å². The molecule has 1 fully saturated rings. The van der Waals surface area contributed by atoms with E-state index in [1.54, 1.807) is 12.1 Å². The van der Waals surface area contributed by atoms with Crippen molar-refractivity contribution in [3.63, 3.8) is 0 Å². The lowest BCUT2D eigenvalue weighted by Gasteiger charge is -2.26. The van der Waals surface area contributed by atoms with E-state index in [2.05, 4.69) is 10.2 Å². The number of benzene rings is 2. The lowest BCUT2D eigenvalue weighted by molar-refractivity contribution is -0.384. The fourth-order valence-corrected chi connectivity index (χ4v) is 5.46. The molecule has 1 amide bonds. The molecule has 0 unspecified atom stereocenters. The van der Waals surface area contributed by atoms with Gasteiger partial charge in [0.15, 0.2) is 0 Å². The van der Waals surface area contributed by atoms with E-state index < -0.39 is 43.7 Å². The Balaban J connectivity index is 1.64. The number of rotatable bonds is 8. The van der Waals surface area contributed by atoms with Crippen LogP contribution in [0.1, 0.15) is 0 Å². The van der Waals surface area contributed by atoms with E-state index in [0.29, 0.717) is 30.3 Å². The molecule has 0 spiro atoms. The second-order valence-corrected chi connectivity index (χ2v) is 10.00. The molecule has 0 aliphatic carbocycles. The highest BCUT2D eigenvalue weighted by atomic mass is 35.5. The standard InChI is InChI=1S/C21H22ClN5O7S/c22-16-6-5-15(13-19(16)27(30)31)35(32,33)26-18-4-2-1-3-17(18)25(21(26)29)14-20(28)23-7-8-24-9-11-34-12-10-24/h1-6,13H,7-12,14H2,(H,23,28). The minimum atomic E-state index is -4.55. The van der Waals surface area contributed by atoms with Gasteiger partial charge < -0.3 is 10.1 Å². The second kappa shape index (κ2) is 10.2. The molecule has 1 aliphatic heterocycles. The van der Waals surface area contributed by atoms with E-state index in [0.717, 1.165) is 35.9 Å². The summed E-state index contributed by atoms with van der Waals surface area (Å²) in [5, 5.41) is 13.7. The Morgan fingerprint density at radius 1 is 1.14 bits per heavy atom. The smallest absolute Gasteiger partial charge is 0.343 e. The average molecular weight is 524 g/mol. The number of halogens is 1. The van der Waals surface area contributed by atoms with Crippen molar-refractivity contribution in [2.45, 2.75) is 11.4 Å². The fraction of sp³-hybridized carbons (Fsp3) is 0.333. The first-order chi connectivity index (χ1) is 16.7. The number of amides is 1. The van der Waals surface area contributed by atoms with Crippen LogP contribution in [0.2, 0.25) is 5.02 Å². The number of para-hydroxylation sites is 2. The molecule has 186 valence electrons. The topological polar surface area (TPSA) is 146 Å². The van der Waals surface area contributed by atoms with Gasteiger partial charge in [0.2, 0.25) is 5.91 Å². The Morgan fingerprint density at radius 3 is 2.51 bits per heavy atom. The second-order valence-electron chi connectivity index (χ2n) is 7.80. The lowest BCUT2D eigenvalue weighted by atomic mass is 10.3. The van der Waals surface area contributed by atoms with Crippen molar-refractivity contribution >= 4 is 44.3 Å². The summed E-state index contributed by atoms with van der Waals surface area (Å²) >= 11 is 5.80. The zero-order valence-electron chi connectivity index (χ0n) is 18.4. The molecule has 1 aliphatic rings. The highest BCUT2D eigenvalue weighted by Gasteiger charge is 2.28. The summed E-state index contributed by atoms with van der Waals surface area (Å²) in [7, 11) is -4.55. The van der Waals surface area contributed by atoms with Crippen LogP contribution in [-0.2, 0) is 26.1 Å². The number of aromatic nitrogens is 2. The highest BCUT2D eigenvalue weighted by molar-refractivity contribution is 7.90. The largest absolute Gasteiger partial charge is 0.379 e. The number of nitro benzene ring substituents is 1. The Labute approximate surface area is 204 Å². The van der Waals surface area contributed by atoms with Crippen LogP contribution < -0.4 is 11.0 Å². The zero-order chi connectivity index (χ0) is 25.2. The van der Waals surface area contributed by atoms with E-state index in [-0.39, 0.29) is 16.1 Å². The molecule has 0 radical (unpaired) electrons. The van der Waals surface area contributed by atoms with Crippen LogP contribution in [0, 0.1) is 10.1 Å². The molecule has 0 saturated carbocycles. The molecule has 2 heterocycles. The number of morpholine rings is 1. The molecule has 1 aromatic heterocycles. The molecule has 0 bridgehead atoms. The quantitative estimate of drug-likeness (QED) is 0.340.